The molecule has 0 aliphatic heterocycles. The van der Waals surface area contributed by atoms with Crippen LogP contribution in [0.5, 0.6) is 0 Å². The molecule has 122 valence electrons. The molecule has 2 aromatic carbocycles. The second-order valence-corrected chi connectivity index (χ2v) is 6.50. The van der Waals surface area contributed by atoms with E-state index in [2.05, 4.69) is 28.8 Å². The molecule has 0 radical (unpaired) electrons. The van der Waals surface area contributed by atoms with Crippen LogP contribution >= 0.6 is 11.3 Å². The maximum absolute atomic E-state index is 12.0. The molecule has 1 unspecified atom stereocenters. The van der Waals surface area contributed by atoms with E-state index in [4.69, 9.17) is 0 Å². The fourth-order valence-corrected chi connectivity index (χ4v) is 3.15. The Balaban J connectivity index is 1.57. The molecule has 5 heteroatoms. The minimum absolute atomic E-state index is 0.0331. The summed E-state index contributed by atoms with van der Waals surface area (Å²) in [5, 5.41) is 9.68. The van der Waals surface area contributed by atoms with Crippen LogP contribution in [0.1, 0.15) is 28.2 Å². The summed E-state index contributed by atoms with van der Waals surface area (Å²) >= 11 is 1.35. The topological polar surface area (TPSA) is 58.2 Å². The van der Waals surface area contributed by atoms with Gasteiger partial charge in [0.2, 0.25) is 5.91 Å². The van der Waals surface area contributed by atoms with E-state index in [0.29, 0.717) is 4.88 Å². The van der Waals surface area contributed by atoms with E-state index in [1.807, 2.05) is 36.6 Å². The average Bonchev–Trinajstić information content (AvgIpc) is 3.14. The van der Waals surface area contributed by atoms with E-state index in [0.717, 1.165) is 10.9 Å². The predicted molar refractivity (Wildman–Crippen MR) is 97.2 cm³/mol. The molecular formula is C19H18N2O2S. The summed E-state index contributed by atoms with van der Waals surface area (Å²) in [7, 11) is 0. The fraction of sp³-hybridized carbons (Fsp3) is 0.158. The zero-order valence-corrected chi connectivity index (χ0v) is 14.1. The van der Waals surface area contributed by atoms with Gasteiger partial charge in [0.1, 0.15) is 0 Å². The van der Waals surface area contributed by atoms with Crippen LogP contribution in [0.15, 0.2) is 60.0 Å². The molecule has 0 bridgehead atoms. The van der Waals surface area contributed by atoms with E-state index < -0.39 is 0 Å². The molecule has 1 aromatic heterocycles. The number of rotatable bonds is 5. The van der Waals surface area contributed by atoms with Crippen molar-refractivity contribution in [3.63, 3.8) is 0 Å². The van der Waals surface area contributed by atoms with Crippen LogP contribution in [0.25, 0.3) is 10.8 Å². The molecule has 1 heterocycles. The van der Waals surface area contributed by atoms with Gasteiger partial charge in [-0.15, -0.1) is 11.3 Å². The van der Waals surface area contributed by atoms with E-state index >= 15 is 0 Å². The van der Waals surface area contributed by atoms with Crippen LogP contribution in [-0.2, 0) is 4.79 Å². The third kappa shape index (κ3) is 3.81. The minimum atomic E-state index is -0.224. The first-order chi connectivity index (χ1) is 11.6. The number of thiophene rings is 1. The standard InChI is InChI=1S/C19H18N2O2S/c1-13(15-9-8-14-5-2-3-6-16(14)11-15)21-18(22)12-20-19(23)17-7-4-10-24-17/h2-11,13H,12H2,1H3,(H,20,23)(H,21,22). The van der Waals surface area contributed by atoms with Crippen LogP contribution in [0.4, 0.5) is 0 Å². The Hall–Kier alpha value is -2.66. The molecule has 0 saturated carbocycles. The van der Waals surface area contributed by atoms with Crippen molar-refractivity contribution < 1.29 is 9.59 Å². The van der Waals surface area contributed by atoms with Crippen molar-refractivity contribution >= 4 is 33.9 Å². The van der Waals surface area contributed by atoms with Gasteiger partial charge in [0.25, 0.3) is 5.91 Å². The fourth-order valence-electron chi connectivity index (χ4n) is 2.51. The third-order valence-electron chi connectivity index (χ3n) is 3.81. The number of hydrogen-bond acceptors (Lipinski definition) is 3. The highest BCUT2D eigenvalue weighted by Gasteiger charge is 2.12. The van der Waals surface area contributed by atoms with Gasteiger partial charge in [-0.25, -0.2) is 0 Å². The summed E-state index contributed by atoms with van der Waals surface area (Å²) in [4.78, 5) is 24.5. The molecule has 4 nitrogen and oxygen atoms in total. The van der Waals surface area contributed by atoms with Crippen molar-refractivity contribution in [1.29, 1.82) is 0 Å². The molecule has 3 rings (SSSR count). The Labute approximate surface area is 144 Å². The van der Waals surface area contributed by atoms with Gasteiger partial charge in [0.05, 0.1) is 17.5 Å². The first kappa shape index (κ1) is 16.2. The lowest BCUT2D eigenvalue weighted by Crippen LogP contribution is -2.37. The summed E-state index contributed by atoms with van der Waals surface area (Å²) in [5.74, 6) is -0.431. The first-order valence-corrected chi connectivity index (χ1v) is 8.61. The predicted octanol–water partition coefficient (Wildman–Crippen LogP) is 3.51. The maximum Gasteiger partial charge on any atom is 0.261 e. The number of benzene rings is 2. The van der Waals surface area contributed by atoms with Gasteiger partial charge in [0.15, 0.2) is 0 Å². The molecule has 24 heavy (non-hydrogen) atoms. The van der Waals surface area contributed by atoms with Crippen LogP contribution in [0.3, 0.4) is 0 Å². The van der Waals surface area contributed by atoms with Crippen molar-refractivity contribution in [2.45, 2.75) is 13.0 Å². The molecular weight excluding hydrogens is 320 g/mol. The molecule has 1 atom stereocenters. The van der Waals surface area contributed by atoms with Crippen molar-refractivity contribution in [1.82, 2.24) is 10.6 Å². The van der Waals surface area contributed by atoms with Crippen molar-refractivity contribution in [2.75, 3.05) is 6.54 Å². The zero-order valence-electron chi connectivity index (χ0n) is 13.3. The monoisotopic (exact) mass is 338 g/mol. The lowest BCUT2D eigenvalue weighted by Gasteiger charge is -2.15. The summed E-state index contributed by atoms with van der Waals surface area (Å²) in [6, 6.07) is 17.7. The molecule has 0 fully saturated rings. The largest absolute Gasteiger partial charge is 0.348 e. The van der Waals surface area contributed by atoms with Gasteiger partial charge >= 0.3 is 0 Å². The van der Waals surface area contributed by atoms with Crippen molar-refractivity contribution in [3.05, 3.63) is 70.4 Å². The SMILES string of the molecule is CC(NC(=O)CNC(=O)c1cccs1)c1ccc2ccccc2c1. The van der Waals surface area contributed by atoms with Crippen molar-refractivity contribution in [3.8, 4) is 0 Å². The van der Waals surface area contributed by atoms with E-state index in [-0.39, 0.29) is 24.4 Å². The second kappa shape index (κ2) is 7.27. The smallest absolute Gasteiger partial charge is 0.261 e. The van der Waals surface area contributed by atoms with Crippen LogP contribution in [0, 0.1) is 0 Å². The normalized spacial score (nSPS) is 11.9. The summed E-state index contributed by atoms with van der Waals surface area (Å²) < 4.78 is 0. The Morgan fingerprint density at radius 1 is 1.04 bits per heavy atom. The molecule has 0 saturated heterocycles. The van der Waals surface area contributed by atoms with Crippen LogP contribution in [-0.4, -0.2) is 18.4 Å². The van der Waals surface area contributed by atoms with Crippen LogP contribution < -0.4 is 10.6 Å². The van der Waals surface area contributed by atoms with Gasteiger partial charge in [-0.1, -0.05) is 42.5 Å². The number of carbonyl (C=O) groups is 2. The minimum Gasteiger partial charge on any atom is -0.348 e. The summed E-state index contributed by atoms with van der Waals surface area (Å²) in [5.41, 5.74) is 1.03. The quantitative estimate of drug-likeness (QED) is 0.748. The Bertz CT molecular complexity index is 859. The molecule has 3 aromatic rings. The van der Waals surface area contributed by atoms with Gasteiger partial charge < -0.3 is 10.6 Å². The third-order valence-corrected chi connectivity index (χ3v) is 4.67. The van der Waals surface area contributed by atoms with E-state index in [1.54, 1.807) is 12.1 Å². The average molecular weight is 338 g/mol. The molecule has 0 aliphatic carbocycles. The number of hydrogen-bond donors (Lipinski definition) is 2. The number of amides is 2. The van der Waals surface area contributed by atoms with Gasteiger partial charge in [-0.2, -0.15) is 0 Å². The van der Waals surface area contributed by atoms with E-state index in [1.165, 1.54) is 16.7 Å². The van der Waals surface area contributed by atoms with Gasteiger partial charge in [0, 0.05) is 0 Å². The van der Waals surface area contributed by atoms with Gasteiger partial charge in [-0.05, 0) is 40.8 Å². The second-order valence-electron chi connectivity index (χ2n) is 5.56. The highest BCUT2D eigenvalue weighted by molar-refractivity contribution is 7.12. The molecule has 0 aliphatic rings. The number of fused-ring (bicyclic) bond motifs is 1. The molecule has 0 spiro atoms. The number of carbonyl (C=O) groups excluding carboxylic acids is 2. The maximum atomic E-state index is 12.0. The molecule has 2 N–H and O–H groups in total. The Kier molecular flexibility index (Phi) is 4.91. The lowest BCUT2D eigenvalue weighted by molar-refractivity contribution is -0.120. The zero-order chi connectivity index (χ0) is 16.9. The van der Waals surface area contributed by atoms with Gasteiger partial charge in [-0.3, -0.25) is 9.59 Å². The summed E-state index contributed by atoms with van der Waals surface area (Å²) in [6.45, 7) is 1.90. The number of nitrogens with one attached hydrogen (secondary N) is 2. The summed E-state index contributed by atoms with van der Waals surface area (Å²) in [6.07, 6.45) is 0. The Morgan fingerprint density at radius 3 is 2.58 bits per heavy atom. The highest BCUT2D eigenvalue weighted by atomic mass is 32.1. The van der Waals surface area contributed by atoms with Crippen molar-refractivity contribution in [2.24, 2.45) is 0 Å². The van der Waals surface area contributed by atoms with E-state index in [9.17, 15) is 9.59 Å². The van der Waals surface area contributed by atoms with Crippen LogP contribution in [0.2, 0.25) is 0 Å². The first-order valence-electron chi connectivity index (χ1n) is 7.73. The molecule has 2 amide bonds. The Morgan fingerprint density at radius 2 is 1.83 bits per heavy atom. The lowest BCUT2D eigenvalue weighted by atomic mass is 10.0. The highest BCUT2D eigenvalue weighted by Crippen LogP contribution is 2.20.